The highest BCUT2D eigenvalue weighted by Crippen LogP contribution is 2.09. The molecule has 0 aromatic carbocycles. The van der Waals surface area contributed by atoms with E-state index in [0.29, 0.717) is 6.54 Å². The molecule has 1 radical (unpaired) electrons. The molecule has 0 spiro atoms. The van der Waals surface area contributed by atoms with E-state index in [1.54, 1.807) is 7.05 Å². The van der Waals surface area contributed by atoms with E-state index in [9.17, 15) is 14.9 Å². The fourth-order valence-corrected chi connectivity index (χ4v) is 0.851. The molecule has 0 aromatic rings. The van der Waals surface area contributed by atoms with Crippen LogP contribution in [0.5, 0.6) is 0 Å². The van der Waals surface area contributed by atoms with E-state index < -0.39 is 16.9 Å². The molecule has 1 rings (SSSR count). The molecule has 0 aromatic heterocycles. The lowest BCUT2D eigenvalue weighted by Crippen LogP contribution is -2.30. The molecule has 5 heteroatoms. The van der Waals surface area contributed by atoms with Gasteiger partial charge in [0.25, 0.3) is 11.9 Å². The maximum atomic E-state index is 10.8. The van der Waals surface area contributed by atoms with Crippen molar-refractivity contribution in [1.29, 1.82) is 0 Å². The first kappa shape index (κ1) is 6.98. The van der Waals surface area contributed by atoms with Crippen molar-refractivity contribution in [3.63, 3.8) is 0 Å². The van der Waals surface area contributed by atoms with Gasteiger partial charge in [-0.25, -0.2) is 0 Å². The second-order valence-electron chi connectivity index (χ2n) is 2.18. The zero-order valence-electron chi connectivity index (χ0n) is 5.48. The van der Waals surface area contributed by atoms with E-state index in [1.165, 1.54) is 11.3 Å². The Morgan fingerprint density at radius 2 is 2.50 bits per heavy atom. The number of rotatable bonds is 1. The molecule has 1 atom stereocenters. The fraction of sp³-hybridized carbons (Fsp3) is 0.600. The van der Waals surface area contributed by atoms with Gasteiger partial charge in [-0.05, 0) is 0 Å². The number of carbonyl (C=O) groups excluding carboxylic acids is 1. The molecule has 1 aliphatic heterocycles. The average Bonchev–Trinajstić information content (AvgIpc) is 2.14. The molecule has 0 bridgehead atoms. The Morgan fingerprint density at radius 3 is 2.70 bits per heavy atom. The van der Waals surface area contributed by atoms with Crippen LogP contribution in [0.2, 0.25) is 0 Å². The lowest BCUT2D eigenvalue weighted by atomic mass is 10.3. The third-order valence-electron chi connectivity index (χ3n) is 1.46. The molecule has 0 saturated carbocycles. The number of carbonyl (C=O) groups is 1. The van der Waals surface area contributed by atoms with Gasteiger partial charge in [0, 0.05) is 18.5 Å². The standard InChI is InChI=1S/C5H7N2O3/c1-6-3-2-4(5(6)8)7(9)10/h2,4H,3H2,1H3. The zero-order valence-corrected chi connectivity index (χ0v) is 5.48. The van der Waals surface area contributed by atoms with Gasteiger partial charge in [-0.1, -0.05) is 0 Å². The van der Waals surface area contributed by atoms with Gasteiger partial charge in [0.05, 0.1) is 6.42 Å². The Kier molecular flexibility index (Phi) is 1.57. The highest BCUT2D eigenvalue weighted by atomic mass is 16.6. The van der Waals surface area contributed by atoms with E-state index in [4.69, 9.17) is 0 Å². The lowest BCUT2D eigenvalue weighted by Gasteiger charge is -2.03. The van der Waals surface area contributed by atoms with Crippen molar-refractivity contribution in [3.05, 3.63) is 16.5 Å². The molecule has 10 heavy (non-hydrogen) atoms. The molecule has 0 N–H and O–H groups in total. The van der Waals surface area contributed by atoms with Crippen LogP contribution in [0, 0.1) is 16.5 Å². The van der Waals surface area contributed by atoms with E-state index in [2.05, 4.69) is 0 Å². The summed E-state index contributed by atoms with van der Waals surface area (Å²) in [4.78, 5) is 21.6. The summed E-state index contributed by atoms with van der Waals surface area (Å²) in [5.41, 5.74) is 0. The van der Waals surface area contributed by atoms with Gasteiger partial charge in [-0.2, -0.15) is 0 Å². The third kappa shape index (κ3) is 0.940. The first-order chi connectivity index (χ1) is 4.63. The number of likely N-dealkylation sites (tertiary alicyclic amines) is 1. The van der Waals surface area contributed by atoms with Crippen molar-refractivity contribution >= 4 is 5.91 Å². The Balaban J connectivity index is 2.66. The summed E-state index contributed by atoms with van der Waals surface area (Å²) >= 11 is 0. The number of hydrogen-bond acceptors (Lipinski definition) is 3. The Morgan fingerprint density at radius 1 is 1.90 bits per heavy atom. The van der Waals surface area contributed by atoms with Crippen LogP contribution < -0.4 is 0 Å². The number of nitro groups is 1. The number of likely N-dealkylation sites (N-methyl/N-ethyl adjacent to an activating group) is 1. The van der Waals surface area contributed by atoms with Crippen molar-refractivity contribution in [1.82, 2.24) is 4.90 Å². The fourth-order valence-electron chi connectivity index (χ4n) is 0.851. The van der Waals surface area contributed by atoms with Crippen LogP contribution in [-0.2, 0) is 4.79 Å². The summed E-state index contributed by atoms with van der Waals surface area (Å²) < 4.78 is 0. The highest BCUT2D eigenvalue weighted by molar-refractivity contribution is 5.84. The largest absolute Gasteiger partial charge is 0.339 e. The van der Waals surface area contributed by atoms with Gasteiger partial charge >= 0.3 is 0 Å². The van der Waals surface area contributed by atoms with E-state index >= 15 is 0 Å². The number of hydrogen-bond donors (Lipinski definition) is 0. The number of nitrogens with zero attached hydrogens (tertiary/aromatic N) is 2. The van der Waals surface area contributed by atoms with Crippen LogP contribution in [0.4, 0.5) is 0 Å². The van der Waals surface area contributed by atoms with Crippen molar-refractivity contribution in [2.45, 2.75) is 6.04 Å². The maximum absolute atomic E-state index is 10.8. The molecular formula is C5H7N2O3. The van der Waals surface area contributed by atoms with Crippen molar-refractivity contribution < 1.29 is 9.72 Å². The van der Waals surface area contributed by atoms with Crippen molar-refractivity contribution in [3.8, 4) is 0 Å². The van der Waals surface area contributed by atoms with Crippen molar-refractivity contribution in [2.75, 3.05) is 13.6 Å². The van der Waals surface area contributed by atoms with Crippen LogP contribution in [0.3, 0.4) is 0 Å². The topological polar surface area (TPSA) is 63.4 Å². The molecule has 5 nitrogen and oxygen atoms in total. The SMILES string of the molecule is CN1C[CH]C([N+](=O)[O-])C1=O. The third-order valence-corrected chi connectivity index (χ3v) is 1.46. The van der Waals surface area contributed by atoms with E-state index in [1.807, 2.05) is 0 Å². The summed E-state index contributed by atoms with van der Waals surface area (Å²) in [5.74, 6) is -0.426. The molecule has 0 aliphatic carbocycles. The monoisotopic (exact) mass is 143 g/mol. The van der Waals surface area contributed by atoms with Crippen molar-refractivity contribution in [2.24, 2.45) is 0 Å². The zero-order chi connectivity index (χ0) is 7.72. The summed E-state index contributed by atoms with van der Waals surface area (Å²) in [6.45, 7) is 0.379. The Labute approximate surface area is 57.8 Å². The molecule has 1 heterocycles. The second-order valence-corrected chi connectivity index (χ2v) is 2.18. The Hall–Kier alpha value is -1.13. The minimum atomic E-state index is -1.11. The first-order valence-electron chi connectivity index (χ1n) is 2.84. The van der Waals surface area contributed by atoms with E-state index in [-0.39, 0.29) is 0 Å². The quantitative estimate of drug-likeness (QED) is 0.360. The normalized spacial score (nSPS) is 25.5. The summed E-state index contributed by atoms with van der Waals surface area (Å²) in [6.07, 6.45) is 1.39. The summed E-state index contributed by atoms with van der Waals surface area (Å²) in [5, 5.41) is 10.1. The van der Waals surface area contributed by atoms with Crippen LogP contribution in [0.25, 0.3) is 0 Å². The predicted molar refractivity (Wildman–Crippen MR) is 32.7 cm³/mol. The summed E-state index contributed by atoms with van der Waals surface area (Å²) in [7, 11) is 1.54. The first-order valence-corrected chi connectivity index (χ1v) is 2.84. The molecule has 55 valence electrons. The molecule has 1 saturated heterocycles. The average molecular weight is 143 g/mol. The van der Waals surface area contributed by atoms with Crippen LogP contribution in [-0.4, -0.2) is 35.4 Å². The van der Waals surface area contributed by atoms with Gasteiger partial charge in [-0.3, -0.25) is 14.9 Å². The van der Waals surface area contributed by atoms with Crippen LogP contribution >= 0.6 is 0 Å². The van der Waals surface area contributed by atoms with Gasteiger partial charge in [-0.15, -0.1) is 0 Å². The van der Waals surface area contributed by atoms with Gasteiger partial charge in [0.15, 0.2) is 0 Å². The molecule has 1 aliphatic rings. The molecule has 1 amide bonds. The molecule has 1 unspecified atom stereocenters. The Bertz CT molecular complexity index is 180. The van der Waals surface area contributed by atoms with Gasteiger partial charge < -0.3 is 4.90 Å². The van der Waals surface area contributed by atoms with E-state index in [0.717, 1.165) is 0 Å². The smallest absolute Gasteiger partial charge is 0.297 e. The number of amides is 1. The predicted octanol–water partition coefficient (Wildman–Crippen LogP) is -0.692. The van der Waals surface area contributed by atoms with Crippen LogP contribution in [0.1, 0.15) is 0 Å². The molecule has 1 fully saturated rings. The van der Waals surface area contributed by atoms with Gasteiger partial charge in [0.1, 0.15) is 0 Å². The second kappa shape index (κ2) is 2.24. The van der Waals surface area contributed by atoms with Gasteiger partial charge in [0.2, 0.25) is 0 Å². The maximum Gasteiger partial charge on any atom is 0.297 e. The minimum Gasteiger partial charge on any atom is -0.339 e. The van der Waals surface area contributed by atoms with Crippen LogP contribution in [0.15, 0.2) is 0 Å². The summed E-state index contributed by atoms with van der Waals surface area (Å²) in [6, 6.07) is -1.11. The molecular weight excluding hydrogens is 136 g/mol. The minimum absolute atomic E-state index is 0.379. The highest BCUT2D eigenvalue weighted by Gasteiger charge is 2.38. The lowest BCUT2D eigenvalue weighted by molar-refractivity contribution is -0.497.